The summed E-state index contributed by atoms with van der Waals surface area (Å²) in [6.07, 6.45) is 3.06. The molecule has 1 amide bonds. The predicted molar refractivity (Wildman–Crippen MR) is 61.8 cm³/mol. The van der Waals surface area contributed by atoms with Crippen molar-refractivity contribution in [3.8, 4) is 0 Å². The number of amides is 1. The molecule has 1 aliphatic rings. The van der Waals surface area contributed by atoms with Gasteiger partial charge in [0.05, 0.1) is 5.54 Å². The second kappa shape index (κ2) is 5.47. The lowest BCUT2D eigenvalue weighted by molar-refractivity contribution is -0.126. The highest BCUT2D eigenvalue weighted by Gasteiger charge is 2.35. The molecule has 4 heteroatoms. The number of nitrogens with one attached hydrogen (secondary N) is 2. The van der Waals surface area contributed by atoms with Crippen LogP contribution in [0.2, 0.25) is 0 Å². The van der Waals surface area contributed by atoms with Crippen LogP contribution in [-0.4, -0.2) is 50.1 Å². The summed E-state index contributed by atoms with van der Waals surface area (Å²) in [5, 5.41) is 6.25. The second-order valence-electron chi connectivity index (χ2n) is 4.78. The van der Waals surface area contributed by atoms with E-state index in [9.17, 15) is 4.79 Å². The number of hydrogen-bond donors (Lipinski definition) is 2. The highest BCUT2D eigenvalue weighted by molar-refractivity contribution is 5.86. The number of carbonyl (C=O) groups is 1. The third-order valence-electron chi connectivity index (χ3n) is 2.94. The Balaban J connectivity index is 2.18. The van der Waals surface area contributed by atoms with Gasteiger partial charge >= 0.3 is 0 Å². The Kier molecular flexibility index (Phi) is 4.54. The standard InChI is InChI=1S/C11H23N3O/c1-11(6-4-8-13-11)10(15)12-7-5-9-14(2)3/h13H,4-9H2,1-3H3,(H,12,15). The summed E-state index contributed by atoms with van der Waals surface area (Å²) < 4.78 is 0. The zero-order valence-corrected chi connectivity index (χ0v) is 10.1. The van der Waals surface area contributed by atoms with Crippen molar-refractivity contribution in [3.63, 3.8) is 0 Å². The summed E-state index contributed by atoms with van der Waals surface area (Å²) in [6.45, 7) is 4.74. The molecule has 0 bridgehead atoms. The Hall–Kier alpha value is -0.610. The zero-order chi connectivity index (χ0) is 11.3. The van der Waals surface area contributed by atoms with Crippen molar-refractivity contribution >= 4 is 5.91 Å². The van der Waals surface area contributed by atoms with Crippen LogP contribution in [0.15, 0.2) is 0 Å². The van der Waals surface area contributed by atoms with Crippen molar-refractivity contribution in [1.82, 2.24) is 15.5 Å². The Morgan fingerprint density at radius 3 is 2.80 bits per heavy atom. The van der Waals surface area contributed by atoms with Crippen LogP contribution in [0.5, 0.6) is 0 Å². The molecule has 0 radical (unpaired) electrons. The van der Waals surface area contributed by atoms with E-state index >= 15 is 0 Å². The van der Waals surface area contributed by atoms with E-state index in [0.29, 0.717) is 0 Å². The molecule has 1 fully saturated rings. The third-order valence-corrected chi connectivity index (χ3v) is 2.94. The molecular weight excluding hydrogens is 190 g/mol. The zero-order valence-electron chi connectivity index (χ0n) is 10.1. The molecule has 2 N–H and O–H groups in total. The summed E-state index contributed by atoms with van der Waals surface area (Å²) in [4.78, 5) is 14.0. The van der Waals surface area contributed by atoms with Crippen molar-refractivity contribution in [3.05, 3.63) is 0 Å². The van der Waals surface area contributed by atoms with Gasteiger partial charge in [-0.05, 0) is 53.4 Å². The molecule has 1 saturated heterocycles. The summed E-state index contributed by atoms with van der Waals surface area (Å²) in [5.41, 5.74) is -0.321. The van der Waals surface area contributed by atoms with Gasteiger partial charge in [0.25, 0.3) is 0 Å². The molecule has 0 aromatic heterocycles. The lowest BCUT2D eigenvalue weighted by Gasteiger charge is -2.23. The van der Waals surface area contributed by atoms with Gasteiger partial charge in [0.2, 0.25) is 5.91 Å². The van der Waals surface area contributed by atoms with Crippen LogP contribution < -0.4 is 10.6 Å². The number of hydrogen-bond acceptors (Lipinski definition) is 3. The molecule has 0 saturated carbocycles. The molecular formula is C11H23N3O. The van der Waals surface area contributed by atoms with Gasteiger partial charge in [-0.1, -0.05) is 0 Å². The molecule has 88 valence electrons. The van der Waals surface area contributed by atoms with Gasteiger partial charge in [-0.15, -0.1) is 0 Å². The van der Waals surface area contributed by atoms with Crippen LogP contribution in [0.1, 0.15) is 26.2 Å². The normalized spacial score (nSPS) is 25.9. The molecule has 1 heterocycles. The highest BCUT2D eigenvalue weighted by Crippen LogP contribution is 2.18. The lowest BCUT2D eigenvalue weighted by atomic mass is 9.99. The Morgan fingerprint density at radius 2 is 2.27 bits per heavy atom. The van der Waals surface area contributed by atoms with Gasteiger partial charge in [0.1, 0.15) is 0 Å². The Bertz CT molecular complexity index is 210. The van der Waals surface area contributed by atoms with Crippen LogP contribution in [0.4, 0.5) is 0 Å². The van der Waals surface area contributed by atoms with Gasteiger partial charge < -0.3 is 15.5 Å². The highest BCUT2D eigenvalue weighted by atomic mass is 16.2. The fourth-order valence-electron chi connectivity index (χ4n) is 1.88. The van der Waals surface area contributed by atoms with Gasteiger partial charge in [0.15, 0.2) is 0 Å². The molecule has 1 aliphatic heterocycles. The summed E-state index contributed by atoms with van der Waals surface area (Å²) in [5.74, 6) is 0.152. The quantitative estimate of drug-likeness (QED) is 0.641. The van der Waals surface area contributed by atoms with Crippen LogP contribution >= 0.6 is 0 Å². The van der Waals surface area contributed by atoms with Crippen molar-refractivity contribution < 1.29 is 4.79 Å². The number of rotatable bonds is 5. The fraction of sp³-hybridized carbons (Fsp3) is 0.909. The van der Waals surface area contributed by atoms with Crippen LogP contribution in [0.25, 0.3) is 0 Å². The molecule has 15 heavy (non-hydrogen) atoms. The van der Waals surface area contributed by atoms with Gasteiger partial charge in [0, 0.05) is 6.54 Å². The summed E-state index contributed by atoms with van der Waals surface area (Å²) in [7, 11) is 4.09. The minimum atomic E-state index is -0.321. The van der Waals surface area contributed by atoms with Crippen LogP contribution in [-0.2, 0) is 4.79 Å². The second-order valence-corrected chi connectivity index (χ2v) is 4.78. The minimum absolute atomic E-state index is 0.152. The van der Waals surface area contributed by atoms with Gasteiger partial charge in [-0.2, -0.15) is 0 Å². The van der Waals surface area contributed by atoms with E-state index in [1.165, 1.54) is 0 Å². The van der Waals surface area contributed by atoms with Crippen molar-refractivity contribution in [2.45, 2.75) is 31.7 Å². The number of nitrogens with zero attached hydrogens (tertiary/aromatic N) is 1. The Morgan fingerprint density at radius 1 is 1.53 bits per heavy atom. The van der Waals surface area contributed by atoms with Crippen LogP contribution in [0, 0.1) is 0 Å². The van der Waals surface area contributed by atoms with Gasteiger partial charge in [-0.3, -0.25) is 4.79 Å². The fourth-order valence-corrected chi connectivity index (χ4v) is 1.88. The first-order valence-corrected chi connectivity index (χ1v) is 5.73. The van der Waals surface area contributed by atoms with Crippen molar-refractivity contribution in [1.29, 1.82) is 0 Å². The predicted octanol–water partition coefficient (Wildman–Crippen LogP) is 0.196. The molecule has 0 aliphatic carbocycles. The maximum Gasteiger partial charge on any atom is 0.240 e. The van der Waals surface area contributed by atoms with E-state index < -0.39 is 0 Å². The molecule has 4 nitrogen and oxygen atoms in total. The van der Waals surface area contributed by atoms with Crippen molar-refractivity contribution in [2.75, 3.05) is 33.7 Å². The van der Waals surface area contributed by atoms with E-state index in [-0.39, 0.29) is 11.4 Å². The smallest absolute Gasteiger partial charge is 0.240 e. The molecule has 1 rings (SSSR count). The molecule has 0 spiro atoms. The molecule has 1 unspecified atom stereocenters. The number of carbonyl (C=O) groups excluding carboxylic acids is 1. The average Bonchev–Trinajstić information content (AvgIpc) is 2.60. The molecule has 0 aromatic carbocycles. The average molecular weight is 213 g/mol. The maximum absolute atomic E-state index is 11.8. The monoisotopic (exact) mass is 213 g/mol. The molecule has 1 atom stereocenters. The third kappa shape index (κ3) is 3.80. The lowest BCUT2D eigenvalue weighted by Crippen LogP contribution is -2.51. The largest absolute Gasteiger partial charge is 0.354 e. The molecule has 0 aromatic rings. The SMILES string of the molecule is CN(C)CCCNC(=O)C1(C)CCCN1. The van der Waals surface area contributed by atoms with Gasteiger partial charge in [-0.25, -0.2) is 0 Å². The van der Waals surface area contributed by atoms with E-state index in [0.717, 1.165) is 38.9 Å². The van der Waals surface area contributed by atoms with E-state index in [4.69, 9.17) is 0 Å². The Labute approximate surface area is 92.4 Å². The van der Waals surface area contributed by atoms with E-state index in [1.54, 1.807) is 0 Å². The van der Waals surface area contributed by atoms with Crippen molar-refractivity contribution in [2.24, 2.45) is 0 Å². The maximum atomic E-state index is 11.8. The topological polar surface area (TPSA) is 44.4 Å². The first kappa shape index (κ1) is 12.5. The van der Waals surface area contributed by atoms with E-state index in [2.05, 4.69) is 15.5 Å². The first-order valence-electron chi connectivity index (χ1n) is 5.73. The minimum Gasteiger partial charge on any atom is -0.354 e. The summed E-state index contributed by atoms with van der Waals surface area (Å²) in [6, 6.07) is 0. The van der Waals surface area contributed by atoms with E-state index in [1.807, 2.05) is 21.0 Å². The summed E-state index contributed by atoms with van der Waals surface area (Å²) >= 11 is 0. The first-order chi connectivity index (χ1) is 7.04. The van der Waals surface area contributed by atoms with Crippen LogP contribution in [0.3, 0.4) is 0 Å².